The largest absolute Gasteiger partial charge is 0.508 e. The summed E-state index contributed by atoms with van der Waals surface area (Å²) in [4.78, 5) is 17.9. The second-order valence-electron chi connectivity index (χ2n) is 7.79. The van der Waals surface area contributed by atoms with Crippen LogP contribution >= 0.6 is 0 Å². The Bertz CT molecular complexity index is 1040. The third-order valence-electron chi connectivity index (χ3n) is 5.45. The minimum atomic E-state index is -0.665. The van der Waals surface area contributed by atoms with Gasteiger partial charge in [-0.05, 0) is 43.2 Å². The highest BCUT2D eigenvalue weighted by molar-refractivity contribution is 5.93. The fourth-order valence-corrected chi connectivity index (χ4v) is 4.00. The van der Waals surface area contributed by atoms with Crippen molar-refractivity contribution in [2.45, 2.75) is 25.9 Å². The Hall–Kier alpha value is -3.32. The Morgan fingerprint density at radius 2 is 2.06 bits per heavy atom. The Balaban J connectivity index is 1.26. The number of aromatic nitrogens is 1. The molecule has 3 aromatic rings. The summed E-state index contributed by atoms with van der Waals surface area (Å²) in [6, 6.07) is 16.8. The summed E-state index contributed by atoms with van der Waals surface area (Å²) in [6.45, 7) is 5.39. The predicted molar refractivity (Wildman–Crippen MR) is 124 cm³/mol. The number of rotatable bonds is 9. The van der Waals surface area contributed by atoms with Crippen molar-refractivity contribution in [2.24, 2.45) is 0 Å². The monoisotopic (exact) mass is 435 g/mol. The van der Waals surface area contributed by atoms with Crippen molar-refractivity contribution in [2.75, 3.05) is 38.2 Å². The average Bonchev–Trinajstić information content (AvgIpc) is 3.24. The van der Waals surface area contributed by atoms with E-state index in [9.17, 15) is 4.79 Å². The Morgan fingerprint density at radius 1 is 1.16 bits per heavy atom. The van der Waals surface area contributed by atoms with E-state index in [0.29, 0.717) is 19.3 Å². The number of hydrogen-bond donors (Lipinski definition) is 1. The van der Waals surface area contributed by atoms with E-state index >= 15 is 0 Å². The van der Waals surface area contributed by atoms with Crippen LogP contribution in [0.3, 0.4) is 0 Å². The molecule has 0 radical (unpaired) electrons. The van der Waals surface area contributed by atoms with Crippen molar-refractivity contribution >= 4 is 22.6 Å². The molecule has 0 unspecified atom stereocenters. The highest BCUT2D eigenvalue weighted by Gasteiger charge is 2.22. The second kappa shape index (κ2) is 10.8. The number of fused-ring (bicyclic) bond motifs is 1. The molecule has 1 aromatic heterocycles. The third-order valence-corrected chi connectivity index (χ3v) is 5.45. The molecule has 4 rings (SSSR count). The number of pyridine rings is 1. The van der Waals surface area contributed by atoms with E-state index in [0.717, 1.165) is 42.9 Å². The average molecular weight is 436 g/mol. The summed E-state index contributed by atoms with van der Waals surface area (Å²) < 4.78 is 15.4. The first-order valence-corrected chi connectivity index (χ1v) is 11.0. The molecule has 7 nitrogen and oxygen atoms in total. The Morgan fingerprint density at radius 3 is 2.97 bits per heavy atom. The first-order valence-electron chi connectivity index (χ1n) is 11.0. The molecular weight excluding hydrogens is 406 g/mol. The van der Waals surface area contributed by atoms with Crippen LogP contribution in [0.25, 0.3) is 10.8 Å². The van der Waals surface area contributed by atoms with E-state index in [-0.39, 0.29) is 6.61 Å². The summed E-state index contributed by atoms with van der Waals surface area (Å²) in [5, 5.41) is 6.07. The van der Waals surface area contributed by atoms with Crippen LogP contribution < -0.4 is 10.1 Å². The molecule has 0 aliphatic carbocycles. The van der Waals surface area contributed by atoms with E-state index in [1.165, 1.54) is 10.9 Å². The number of anilines is 1. The summed E-state index contributed by atoms with van der Waals surface area (Å²) in [5.74, 6) is 0.771. The fourth-order valence-electron chi connectivity index (χ4n) is 4.00. The number of hydrogen-bond acceptors (Lipinski definition) is 7. The van der Waals surface area contributed by atoms with E-state index < -0.39 is 6.16 Å². The second-order valence-corrected chi connectivity index (χ2v) is 7.79. The summed E-state index contributed by atoms with van der Waals surface area (Å²) in [7, 11) is 0. The van der Waals surface area contributed by atoms with Gasteiger partial charge in [0.05, 0.1) is 6.61 Å². The lowest BCUT2D eigenvalue weighted by Gasteiger charge is -2.19. The smallest absolute Gasteiger partial charge is 0.490 e. The maximum atomic E-state index is 11.2. The number of ether oxygens (including phenoxy) is 3. The lowest BCUT2D eigenvalue weighted by molar-refractivity contribution is 0.0495. The van der Waals surface area contributed by atoms with Crippen LogP contribution in [0.1, 0.15) is 18.9 Å². The molecular formula is C25H29N3O4. The van der Waals surface area contributed by atoms with E-state index in [2.05, 4.69) is 45.5 Å². The van der Waals surface area contributed by atoms with Gasteiger partial charge < -0.3 is 19.5 Å². The molecule has 0 amide bonds. The fraction of sp³-hybridized carbons (Fsp3) is 0.360. The van der Waals surface area contributed by atoms with Crippen molar-refractivity contribution in [3.8, 4) is 5.75 Å². The standard InChI is InChI=1S/C25H29N3O4/c1-2-30-25(29)32-14-13-31-22-7-3-5-19(15-22)17-28-12-10-21(18-28)27-24-8-4-6-20-16-26-11-9-23(20)24/h3-9,11,15-16,21,27H,2,10,12-14,17-18H2,1H3/t21-/m0/s1. The lowest BCUT2D eigenvalue weighted by Crippen LogP contribution is -2.26. The van der Waals surface area contributed by atoms with Crippen molar-refractivity contribution < 1.29 is 19.0 Å². The van der Waals surface area contributed by atoms with E-state index in [4.69, 9.17) is 14.2 Å². The van der Waals surface area contributed by atoms with Crippen LogP contribution in [0.15, 0.2) is 60.9 Å². The van der Waals surface area contributed by atoms with Crippen LogP contribution in [0.2, 0.25) is 0 Å². The van der Waals surface area contributed by atoms with Crippen molar-refractivity contribution in [3.05, 3.63) is 66.5 Å². The molecule has 0 saturated carbocycles. The third kappa shape index (κ3) is 5.88. The van der Waals surface area contributed by atoms with Crippen molar-refractivity contribution in [1.29, 1.82) is 0 Å². The molecule has 1 atom stereocenters. The van der Waals surface area contributed by atoms with Gasteiger partial charge in [-0.3, -0.25) is 9.88 Å². The van der Waals surface area contributed by atoms with Gasteiger partial charge >= 0.3 is 6.16 Å². The number of carbonyl (C=O) groups is 1. The number of carbonyl (C=O) groups excluding carboxylic acids is 1. The minimum absolute atomic E-state index is 0.159. The molecule has 1 fully saturated rings. The van der Waals surface area contributed by atoms with Gasteiger partial charge in [0.1, 0.15) is 19.0 Å². The molecule has 1 N–H and O–H groups in total. The highest BCUT2D eigenvalue weighted by atomic mass is 16.7. The molecule has 1 saturated heterocycles. The molecule has 1 aliphatic heterocycles. The van der Waals surface area contributed by atoms with Gasteiger partial charge in [0, 0.05) is 54.5 Å². The Kier molecular flexibility index (Phi) is 7.40. The zero-order valence-corrected chi connectivity index (χ0v) is 18.3. The van der Waals surface area contributed by atoms with E-state index in [1.807, 2.05) is 30.6 Å². The first-order chi connectivity index (χ1) is 15.7. The quantitative estimate of drug-likeness (QED) is 0.393. The van der Waals surface area contributed by atoms with Crippen LogP contribution in [0.4, 0.5) is 10.5 Å². The number of nitrogens with zero attached hydrogens (tertiary/aromatic N) is 2. The maximum absolute atomic E-state index is 11.2. The van der Waals surface area contributed by atoms with Gasteiger partial charge in [-0.1, -0.05) is 24.3 Å². The zero-order chi connectivity index (χ0) is 22.2. The lowest BCUT2D eigenvalue weighted by atomic mass is 10.1. The maximum Gasteiger partial charge on any atom is 0.508 e. The number of nitrogens with one attached hydrogen (secondary N) is 1. The molecule has 1 aliphatic rings. The van der Waals surface area contributed by atoms with Crippen LogP contribution in [-0.4, -0.2) is 55.0 Å². The van der Waals surface area contributed by atoms with Crippen LogP contribution in [-0.2, 0) is 16.0 Å². The van der Waals surface area contributed by atoms with Crippen LogP contribution in [0.5, 0.6) is 5.75 Å². The van der Waals surface area contributed by atoms with Crippen molar-refractivity contribution in [3.63, 3.8) is 0 Å². The molecule has 2 heterocycles. The zero-order valence-electron chi connectivity index (χ0n) is 18.3. The SMILES string of the molecule is CCOC(=O)OCCOc1cccc(CN2CC[C@H](Nc3cccc4cnccc34)C2)c1. The highest BCUT2D eigenvalue weighted by Crippen LogP contribution is 2.25. The van der Waals surface area contributed by atoms with Gasteiger partial charge in [-0.25, -0.2) is 4.79 Å². The van der Waals surface area contributed by atoms with Gasteiger partial charge in [-0.15, -0.1) is 0 Å². The number of benzene rings is 2. The summed E-state index contributed by atoms with van der Waals surface area (Å²) in [5.41, 5.74) is 2.36. The molecule has 0 bridgehead atoms. The van der Waals surface area contributed by atoms with Crippen molar-refractivity contribution in [1.82, 2.24) is 9.88 Å². The predicted octanol–water partition coefficient (Wildman–Crippen LogP) is 4.47. The van der Waals surface area contributed by atoms with Gasteiger partial charge in [0.15, 0.2) is 0 Å². The topological polar surface area (TPSA) is 72.9 Å². The van der Waals surface area contributed by atoms with Gasteiger partial charge in [0.25, 0.3) is 0 Å². The molecule has 2 aromatic carbocycles. The molecule has 0 spiro atoms. The Labute approximate surface area is 188 Å². The van der Waals surface area contributed by atoms with Gasteiger partial charge in [0.2, 0.25) is 0 Å². The number of likely N-dealkylation sites (tertiary alicyclic amines) is 1. The molecule has 168 valence electrons. The van der Waals surface area contributed by atoms with Gasteiger partial charge in [-0.2, -0.15) is 0 Å². The first kappa shape index (κ1) is 21.9. The summed E-state index contributed by atoms with van der Waals surface area (Å²) >= 11 is 0. The summed E-state index contributed by atoms with van der Waals surface area (Å²) in [6.07, 6.45) is 4.18. The van der Waals surface area contributed by atoms with Crippen LogP contribution in [0, 0.1) is 0 Å². The van der Waals surface area contributed by atoms with E-state index in [1.54, 1.807) is 6.92 Å². The molecule has 32 heavy (non-hydrogen) atoms. The molecule has 7 heteroatoms. The normalized spacial score (nSPS) is 16.1. The minimum Gasteiger partial charge on any atom is -0.490 e.